The van der Waals surface area contributed by atoms with Crippen molar-refractivity contribution in [1.82, 2.24) is 4.90 Å². The molecule has 0 aromatic carbocycles. The fourth-order valence-electron chi connectivity index (χ4n) is 3.55. The SMILES string of the molecule is CCC(CC)N(CCOC)CC1(C=O)CCCCCC1. The van der Waals surface area contributed by atoms with E-state index in [1.54, 1.807) is 7.11 Å². The summed E-state index contributed by atoms with van der Waals surface area (Å²) in [6.45, 7) is 7.11. The van der Waals surface area contributed by atoms with Crippen molar-refractivity contribution in [3.05, 3.63) is 0 Å². The highest BCUT2D eigenvalue weighted by Gasteiger charge is 2.34. The molecule has 1 aliphatic carbocycles. The van der Waals surface area contributed by atoms with E-state index in [0.717, 1.165) is 45.4 Å². The second-order valence-corrected chi connectivity index (χ2v) is 6.33. The largest absolute Gasteiger partial charge is 0.383 e. The third-order valence-corrected chi connectivity index (χ3v) is 4.91. The number of methoxy groups -OCH3 is 1. The average Bonchev–Trinajstić information content (AvgIpc) is 2.72. The number of hydrogen-bond acceptors (Lipinski definition) is 3. The molecule has 20 heavy (non-hydrogen) atoms. The van der Waals surface area contributed by atoms with Crippen LogP contribution in [0.3, 0.4) is 0 Å². The summed E-state index contributed by atoms with van der Waals surface area (Å²) in [5.74, 6) is 0. The summed E-state index contributed by atoms with van der Waals surface area (Å²) in [5, 5.41) is 0. The van der Waals surface area contributed by atoms with E-state index in [1.807, 2.05) is 0 Å². The number of carbonyl (C=O) groups excluding carboxylic acids is 1. The van der Waals surface area contributed by atoms with Gasteiger partial charge < -0.3 is 9.53 Å². The van der Waals surface area contributed by atoms with Gasteiger partial charge in [-0.15, -0.1) is 0 Å². The Morgan fingerprint density at radius 2 is 1.75 bits per heavy atom. The number of hydrogen-bond donors (Lipinski definition) is 0. The Balaban J connectivity index is 2.75. The molecule has 0 aromatic rings. The van der Waals surface area contributed by atoms with Crippen LogP contribution in [0.5, 0.6) is 0 Å². The quantitative estimate of drug-likeness (QED) is 0.478. The van der Waals surface area contributed by atoms with Crippen LogP contribution >= 0.6 is 0 Å². The summed E-state index contributed by atoms with van der Waals surface area (Å²) >= 11 is 0. The number of ether oxygens (including phenoxy) is 1. The molecular formula is C17H33NO2. The van der Waals surface area contributed by atoms with Crippen LogP contribution in [0.25, 0.3) is 0 Å². The predicted octanol–water partition coefficient (Wildman–Crippen LogP) is 3.66. The molecular weight excluding hydrogens is 250 g/mol. The normalized spacial score (nSPS) is 19.2. The molecule has 0 radical (unpaired) electrons. The zero-order valence-electron chi connectivity index (χ0n) is 13.7. The molecule has 0 saturated heterocycles. The van der Waals surface area contributed by atoms with E-state index >= 15 is 0 Å². The fraction of sp³-hybridized carbons (Fsp3) is 0.941. The summed E-state index contributed by atoms with van der Waals surface area (Å²) in [6, 6.07) is 0.574. The Morgan fingerprint density at radius 3 is 2.20 bits per heavy atom. The maximum absolute atomic E-state index is 11.8. The van der Waals surface area contributed by atoms with Gasteiger partial charge in [0, 0.05) is 31.7 Å². The van der Waals surface area contributed by atoms with Gasteiger partial charge >= 0.3 is 0 Å². The molecule has 0 atom stereocenters. The average molecular weight is 283 g/mol. The zero-order valence-corrected chi connectivity index (χ0v) is 13.7. The third-order valence-electron chi connectivity index (χ3n) is 4.91. The molecule has 0 heterocycles. The van der Waals surface area contributed by atoms with Gasteiger partial charge in [-0.05, 0) is 25.7 Å². The van der Waals surface area contributed by atoms with Gasteiger partial charge in [-0.25, -0.2) is 0 Å². The maximum Gasteiger partial charge on any atom is 0.127 e. The molecule has 1 rings (SSSR count). The summed E-state index contributed by atoms with van der Waals surface area (Å²) in [4.78, 5) is 14.3. The minimum absolute atomic E-state index is 0.104. The lowest BCUT2D eigenvalue weighted by Crippen LogP contribution is -2.45. The van der Waals surface area contributed by atoms with Crippen LogP contribution in [-0.2, 0) is 9.53 Å². The maximum atomic E-state index is 11.8. The molecule has 1 saturated carbocycles. The number of nitrogens with zero attached hydrogens (tertiary/aromatic N) is 1. The van der Waals surface area contributed by atoms with Crippen LogP contribution in [0, 0.1) is 5.41 Å². The Hall–Kier alpha value is -0.410. The van der Waals surface area contributed by atoms with Crippen LogP contribution in [-0.4, -0.2) is 44.0 Å². The minimum Gasteiger partial charge on any atom is -0.383 e. The first kappa shape index (κ1) is 17.6. The van der Waals surface area contributed by atoms with Gasteiger partial charge in [0.15, 0.2) is 0 Å². The van der Waals surface area contributed by atoms with E-state index < -0.39 is 0 Å². The van der Waals surface area contributed by atoms with Gasteiger partial charge in [0.25, 0.3) is 0 Å². The van der Waals surface area contributed by atoms with Crippen LogP contribution in [0.2, 0.25) is 0 Å². The highest BCUT2D eigenvalue weighted by Crippen LogP contribution is 2.34. The molecule has 0 amide bonds. The lowest BCUT2D eigenvalue weighted by atomic mass is 9.81. The predicted molar refractivity (Wildman–Crippen MR) is 84.0 cm³/mol. The molecule has 0 aliphatic heterocycles. The van der Waals surface area contributed by atoms with Gasteiger partial charge in [-0.2, -0.15) is 0 Å². The summed E-state index contributed by atoms with van der Waals surface area (Å²) in [7, 11) is 1.76. The van der Waals surface area contributed by atoms with E-state index in [2.05, 4.69) is 18.7 Å². The molecule has 1 aliphatic rings. The van der Waals surface area contributed by atoms with Gasteiger partial charge in [0.2, 0.25) is 0 Å². The summed E-state index contributed by atoms with van der Waals surface area (Å²) in [6.07, 6.45) is 10.7. The molecule has 0 bridgehead atoms. The molecule has 3 heteroatoms. The zero-order chi connectivity index (χ0) is 14.8. The second-order valence-electron chi connectivity index (χ2n) is 6.33. The summed E-state index contributed by atoms with van der Waals surface area (Å²) < 4.78 is 5.26. The highest BCUT2D eigenvalue weighted by atomic mass is 16.5. The van der Waals surface area contributed by atoms with Gasteiger partial charge in [0.05, 0.1) is 6.61 Å². The van der Waals surface area contributed by atoms with Crippen molar-refractivity contribution in [2.24, 2.45) is 5.41 Å². The Labute approximate surface area is 125 Å². The lowest BCUT2D eigenvalue weighted by molar-refractivity contribution is -0.118. The highest BCUT2D eigenvalue weighted by molar-refractivity contribution is 5.59. The van der Waals surface area contributed by atoms with E-state index in [0.29, 0.717) is 6.04 Å². The van der Waals surface area contributed by atoms with Crippen molar-refractivity contribution in [3.63, 3.8) is 0 Å². The van der Waals surface area contributed by atoms with E-state index in [-0.39, 0.29) is 5.41 Å². The van der Waals surface area contributed by atoms with Crippen molar-refractivity contribution in [2.75, 3.05) is 26.8 Å². The van der Waals surface area contributed by atoms with Crippen molar-refractivity contribution in [3.8, 4) is 0 Å². The standard InChI is InChI=1S/C17H33NO2/c1-4-16(5-2)18(12-13-20-3)14-17(15-19)10-8-6-7-9-11-17/h15-16H,4-14H2,1-3H3. The monoisotopic (exact) mass is 283 g/mol. The topological polar surface area (TPSA) is 29.5 Å². The Morgan fingerprint density at radius 1 is 1.15 bits per heavy atom. The van der Waals surface area contributed by atoms with Gasteiger partial charge in [-0.1, -0.05) is 39.5 Å². The van der Waals surface area contributed by atoms with Crippen molar-refractivity contribution in [1.29, 1.82) is 0 Å². The minimum atomic E-state index is -0.104. The summed E-state index contributed by atoms with van der Waals surface area (Å²) in [5.41, 5.74) is -0.104. The van der Waals surface area contributed by atoms with Crippen molar-refractivity contribution in [2.45, 2.75) is 71.3 Å². The lowest BCUT2D eigenvalue weighted by Gasteiger charge is -2.38. The van der Waals surface area contributed by atoms with E-state index in [1.165, 1.54) is 32.0 Å². The first-order chi connectivity index (χ1) is 9.71. The number of carbonyl (C=O) groups is 1. The second kappa shape index (κ2) is 9.51. The third kappa shape index (κ3) is 5.17. The Bertz CT molecular complexity index is 256. The Kier molecular flexibility index (Phi) is 8.39. The molecule has 0 aromatic heterocycles. The molecule has 0 unspecified atom stereocenters. The molecule has 0 spiro atoms. The van der Waals surface area contributed by atoms with Gasteiger partial charge in [-0.3, -0.25) is 4.90 Å². The van der Waals surface area contributed by atoms with Gasteiger partial charge in [0.1, 0.15) is 6.29 Å². The first-order valence-corrected chi connectivity index (χ1v) is 8.40. The first-order valence-electron chi connectivity index (χ1n) is 8.40. The number of rotatable bonds is 9. The fourth-order valence-corrected chi connectivity index (χ4v) is 3.55. The van der Waals surface area contributed by atoms with Crippen LogP contribution in [0.15, 0.2) is 0 Å². The van der Waals surface area contributed by atoms with Crippen LogP contribution < -0.4 is 0 Å². The number of aldehydes is 1. The molecule has 3 nitrogen and oxygen atoms in total. The molecule has 118 valence electrons. The van der Waals surface area contributed by atoms with E-state index in [4.69, 9.17) is 4.74 Å². The van der Waals surface area contributed by atoms with Crippen molar-refractivity contribution >= 4 is 6.29 Å². The van der Waals surface area contributed by atoms with Crippen LogP contribution in [0.1, 0.15) is 65.2 Å². The molecule has 1 fully saturated rings. The van der Waals surface area contributed by atoms with Crippen LogP contribution in [0.4, 0.5) is 0 Å². The smallest absolute Gasteiger partial charge is 0.127 e. The van der Waals surface area contributed by atoms with E-state index in [9.17, 15) is 4.79 Å². The molecule has 0 N–H and O–H groups in total. The van der Waals surface area contributed by atoms with Crippen molar-refractivity contribution < 1.29 is 9.53 Å².